The van der Waals surface area contributed by atoms with E-state index < -0.39 is 58.1 Å². The lowest BCUT2D eigenvalue weighted by atomic mass is 9.77. The van der Waals surface area contributed by atoms with E-state index in [-0.39, 0.29) is 25.8 Å². The Kier molecular flexibility index (Phi) is 13.0. The third-order valence-corrected chi connectivity index (χ3v) is 12.2. The van der Waals surface area contributed by atoms with Crippen molar-refractivity contribution in [1.29, 1.82) is 0 Å². The molecule has 1 N–H and O–H groups in total. The quantitative estimate of drug-likeness (QED) is 0.0815. The molecule has 0 saturated carbocycles. The molecule has 0 aliphatic carbocycles. The molecule has 1 unspecified atom stereocenters. The number of hydrogen-bond donors (Lipinski definition) is 1. The number of thiazole rings is 1. The van der Waals surface area contributed by atoms with Gasteiger partial charge in [0.05, 0.1) is 25.1 Å². The van der Waals surface area contributed by atoms with Gasteiger partial charge in [0.1, 0.15) is 14.8 Å². The molecule has 278 valence electrons. The van der Waals surface area contributed by atoms with Crippen LogP contribution >= 0.6 is 11.3 Å². The smallest absolute Gasteiger partial charge is 0.303 e. The fourth-order valence-electron chi connectivity index (χ4n) is 6.34. The van der Waals surface area contributed by atoms with E-state index in [0.717, 1.165) is 20.8 Å². The van der Waals surface area contributed by atoms with Crippen LogP contribution in [-0.4, -0.2) is 68.0 Å². The van der Waals surface area contributed by atoms with Gasteiger partial charge in [0.25, 0.3) is 5.01 Å². The minimum atomic E-state index is -4.81. The third kappa shape index (κ3) is 11.0. The maximum atomic E-state index is 12.0. The number of allylic oxidation sites excluding steroid dienone is 5. The van der Waals surface area contributed by atoms with Gasteiger partial charge in [-0.1, -0.05) is 48.5 Å². The van der Waals surface area contributed by atoms with Gasteiger partial charge in [-0.25, -0.2) is 25.3 Å². The summed E-state index contributed by atoms with van der Waals surface area (Å²) in [5.74, 6) is -2.01. The van der Waals surface area contributed by atoms with Crippen molar-refractivity contribution in [1.82, 2.24) is 0 Å². The Balaban J connectivity index is 1.71. The monoisotopic (exact) mass is 780 g/mol. The third-order valence-electron chi connectivity index (χ3n) is 8.72. The van der Waals surface area contributed by atoms with Gasteiger partial charge in [0.2, 0.25) is 5.52 Å². The molecule has 0 bridgehead atoms. The molecule has 0 amide bonds. The number of fused-ring (bicyclic) bond motifs is 2. The molecule has 0 radical (unpaired) electrons. The molecule has 1 aliphatic rings. The van der Waals surface area contributed by atoms with E-state index in [4.69, 9.17) is 5.11 Å². The number of aliphatic carboxylic acids is 1. The molecule has 17 heteroatoms. The van der Waals surface area contributed by atoms with Crippen LogP contribution in [0.15, 0.2) is 71.3 Å². The molecule has 0 saturated heterocycles. The van der Waals surface area contributed by atoms with Crippen LogP contribution in [0.1, 0.15) is 68.0 Å². The molecule has 51 heavy (non-hydrogen) atoms. The Hall–Kier alpha value is -3.45. The molecule has 0 fully saturated rings. The summed E-state index contributed by atoms with van der Waals surface area (Å²) in [5, 5.41) is 9.88. The summed E-state index contributed by atoms with van der Waals surface area (Å²) in [5.41, 5.74) is 2.88. The second-order valence-corrected chi connectivity index (χ2v) is 18.2. The lowest BCUT2D eigenvalue weighted by Crippen LogP contribution is -2.36. The van der Waals surface area contributed by atoms with Crippen LogP contribution in [0, 0.1) is 6.92 Å². The van der Waals surface area contributed by atoms with E-state index in [2.05, 4.69) is 0 Å². The number of aromatic nitrogens is 1. The molecule has 0 spiro atoms. The zero-order valence-corrected chi connectivity index (χ0v) is 31.5. The second-order valence-electron chi connectivity index (χ2n) is 12.7. The number of carbonyl (C=O) groups is 1. The average Bonchev–Trinajstić information content (AvgIpc) is 3.46. The zero-order chi connectivity index (χ0) is 37.6. The second kappa shape index (κ2) is 16.5. The summed E-state index contributed by atoms with van der Waals surface area (Å²) in [6.45, 7) is 4.28. The predicted molar refractivity (Wildman–Crippen MR) is 191 cm³/mol. The SMILES string of the molecule is Cc1ccc2c(c1)sc(/C=C/C=C/C=C1\N(CCCS(=O)(=O)[O-])c3ccc(S(=O)(=O)[O-])cc3C1(C)CCCCCC(=O)O)[n+]2CCCS(=O)(=O)[O-]. The van der Waals surface area contributed by atoms with E-state index >= 15 is 0 Å². The lowest BCUT2D eigenvalue weighted by molar-refractivity contribution is -0.668. The maximum absolute atomic E-state index is 12.0. The van der Waals surface area contributed by atoms with Crippen LogP contribution < -0.4 is 9.47 Å². The van der Waals surface area contributed by atoms with E-state index in [1.165, 1.54) is 29.5 Å². The van der Waals surface area contributed by atoms with Crippen molar-refractivity contribution in [3.63, 3.8) is 0 Å². The van der Waals surface area contributed by atoms with Crippen molar-refractivity contribution in [3.8, 4) is 0 Å². The van der Waals surface area contributed by atoms with Crippen LogP contribution in [0.5, 0.6) is 0 Å². The summed E-state index contributed by atoms with van der Waals surface area (Å²) in [7, 11) is -13.7. The van der Waals surface area contributed by atoms with Crippen molar-refractivity contribution in [2.24, 2.45) is 0 Å². The van der Waals surface area contributed by atoms with Crippen molar-refractivity contribution < 1.29 is 53.4 Å². The predicted octanol–water partition coefficient (Wildman–Crippen LogP) is 4.54. The Morgan fingerprint density at radius 2 is 1.61 bits per heavy atom. The van der Waals surface area contributed by atoms with Crippen molar-refractivity contribution in [3.05, 3.63) is 82.5 Å². The summed E-state index contributed by atoms with van der Waals surface area (Å²) >= 11 is 1.51. The first-order chi connectivity index (χ1) is 23.8. The highest BCUT2D eigenvalue weighted by molar-refractivity contribution is 7.86. The Morgan fingerprint density at radius 3 is 2.27 bits per heavy atom. The minimum absolute atomic E-state index is 0.00338. The molecule has 3 aromatic rings. The Morgan fingerprint density at radius 1 is 0.902 bits per heavy atom. The van der Waals surface area contributed by atoms with Gasteiger partial charge in [-0.3, -0.25) is 4.79 Å². The molecule has 1 aromatic heterocycles. The van der Waals surface area contributed by atoms with Crippen LogP contribution in [0.2, 0.25) is 0 Å². The van der Waals surface area contributed by atoms with E-state index in [9.17, 15) is 43.7 Å². The first kappa shape index (κ1) is 40.3. The number of rotatable bonds is 18. The van der Waals surface area contributed by atoms with Gasteiger partial charge in [0, 0.05) is 59.8 Å². The van der Waals surface area contributed by atoms with Gasteiger partial charge >= 0.3 is 5.97 Å². The zero-order valence-electron chi connectivity index (χ0n) is 28.2. The van der Waals surface area contributed by atoms with E-state index in [0.29, 0.717) is 49.2 Å². The summed E-state index contributed by atoms with van der Waals surface area (Å²) < 4.78 is 107. The Labute approximate surface area is 302 Å². The molecule has 2 aromatic carbocycles. The highest BCUT2D eigenvalue weighted by Crippen LogP contribution is 2.51. The minimum Gasteiger partial charge on any atom is -0.748 e. The number of benzene rings is 2. The highest BCUT2D eigenvalue weighted by atomic mass is 32.2. The molecule has 1 atom stereocenters. The number of carboxylic acid groups (broad SMARTS) is 1. The first-order valence-electron chi connectivity index (χ1n) is 16.2. The number of anilines is 1. The topological polar surface area (TPSA) is 216 Å². The lowest BCUT2D eigenvalue weighted by Gasteiger charge is -2.30. The number of unbranched alkanes of at least 4 members (excludes halogenated alkanes) is 2. The van der Waals surface area contributed by atoms with Crippen LogP contribution in [0.3, 0.4) is 0 Å². The van der Waals surface area contributed by atoms with Gasteiger partial charge in [-0.05, 0) is 74.6 Å². The molecule has 1 aliphatic heterocycles. The number of aryl methyl sites for hydroxylation is 2. The standard InChI is InChI=1S/C34H42N2O11S4/c1-25-14-16-29-30(23-25)48-32(36(29)20-10-22-50(42,43)44)12-6-3-5-11-31-34(2,18-8-4-7-13-33(37)38)27-24-26(51(45,46)47)15-17-28(27)35(31)19-9-21-49(39,40)41/h3,5-6,11-12,14-17,23-24H,4,7-10,13,18-22H2,1-2H3,(H3-,37,38,39,40,41,42,43,44,45,46,47)/p-2. The number of hydrogen-bond acceptors (Lipinski definition) is 12. The largest absolute Gasteiger partial charge is 0.748 e. The molecule has 2 heterocycles. The summed E-state index contributed by atoms with van der Waals surface area (Å²) in [4.78, 5) is 12.5. The fourth-order valence-corrected chi connectivity index (χ4v) is 9.00. The van der Waals surface area contributed by atoms with Crippen molar-refractivity contribution in [2.45, 2.75) is 75.6 Å². The molecular formula is C34H40N2O11S4-2. The van der Waals surface area contributed by atoms with Crippen LogP contribution in [0.4, 0.5) is 5.69 Å². The van der Waals surface area contributed by atoms with Gasteiger partial charge < -0.3 is 23.7 Å². The highest BCUT2D eigenvalue weighted by Gasteiger charge is 2.43. The molecular weight excluding hydrogens is 741 g/mol. The fraction of sp³-hybridized carbons (Fsp3) is 0.412. The van der Waals surface area contributed by atoms with Gasteiger partial charge in [-0.15, -0.1) is 0 Å². The Bertz CT molecular complexity index is 2190. The number of carboxylic acids is 1. The van der Waals surface area contributed by atoms with Gasteiger partial charge in [0.15, 0.2) is 6.54 Å². The molecule has 4 rings (SSSR count). The van der Waals surface area contributed by atoms with Crippen LogP contribution in [0.25, 0.3) is 16.3 Å². The normalized spacial score (nSPS) is 17.7. The van der Waals surface area contributed by atoms with E-state index in [1.54, 1.807) is 24.3 Å². The van der Waals surface area contributed by atoms with E-state index in [1.807, 2.05) is 47.6 Å². The van der Waals surface area contributed by atoms with Crippen molar-refractivity contribution >= 4 is 69.6 Å². The van der Waals surface area contributed by atoms with Crippen LogP contribution in [-0.2, 0) is 47.1 Å². The summed E-state index contributed by atoms with van der Waals surface area (Å²) in [6.07, 6.45) is 11.1. The molecule has 13 nitrogen and oxygen atoms in total. The maximum Gasteiger partial charge on any atom is 0.303 e. The number of nitrogens with zero attached hydrogens (tertiary/aromatic N) is 2. The summed E-state index contributed by atoms with van der Waals surface area (Å²) in [6, 6.07) is 9.94. The first-order valence-corrected chi connectivity index (χ1v) is 21.6. The van der Waals surface area contributed by atoms with Crippen molar-refractivity contribution in [2.75, 3.05) is 23.0 Å². The average molecular weight is 781 g/mol. The van der Waals surface area contributed by atoms with Gasteiger partial charge in [-0.2, -0.15) is 4.57 Å².